The van der Waals surface area contributed by atoms with Crippen molar-refractivity contribution in [3.63, 3.8) is 0 Å². The Morgan fingerprint density at radius 1 is 1.45 bits per heavy atom. The third-order valence-electron chi connectivity index (χ3n) is 4.01. The van der Waals surface area contributed by atoms with Crippen LogP contribution in [0.4, 0.5) is 13.2 Å². The van der Waals surface area contributed by atoms with E-state index in [-0.39, 0.29) is 5.91 Å². The maximum Gasteiger partial charge on any atom is 0.415 e. The molecule has 0 aliphatic heterocycles. The molecule has 2 unspecified atom stereocenters. The van der Waals surface area contributed by atoms with Crippen LogP contribution >= 0.6 is 0 Å². The second kappa shape index (κ2) is 8.53. The van der Waals surface area contributed by atoms with E-state index in [9.17, 15) is 18.0 Å². The van der Waals surface area contributed by atoms with Crippen LogP contribution in [0.3, 0.4) is 0 Å². The Balaban J connectivity index is 2.32. The minimum absolute atomic E-state index is 0.326. The third-order valence-corrected chi connectivity index (χ3v) is 4.01. The number of amides is 1. The first kappa shape index (κ1) is 19.0. The highest BCUT2D eigenvalue weighted by Gasteiger charge is 2.39. The summed E-state index contributed by atoms with van der Waals surface area (Å²) in [5, 5.41) is 11.8. The van der Waals surface area contributed by atoms with Crippen molar-refractivity contribution in [2.75, 3.05) is 20.1 Å². The van der Waals surface area contributed by atoms with Gasteiger partial charge in [-0.15, -0.1) is 0 Å². The molecule has 0 spiro atoms. The van der Waals surface area contributed by atoms with Gasteiger partial charge in [-0.3, -0.25) is 9.69 Å². The fourth-order valence-corrected chi connectivity index (χ4v) is 2.36. The van der Waals surface area contributed by atoms with Crippen LogP contribution in [-0.4, -0.2) is 54.4 Å². The molecule has 0 heterocycles. The standard InChI is InChI=1S/C15H25F3N2O2/c1-11(20(2)10-13(21)15(16,17)18)14(22)19-9-8-12-6-4-3-5-7-12/h6,11,13,21H,3-5,7-10H2,1-2H3,(H,19,22). The highest BCUT2D eigenvalue weighted by atomic mass is 19.4. The molecule has 0 aromatic carbocycles. The molecular weight excluding hydrogens is 297 g/mol. The van der Waals surface area contributed by atoms with Crippen LogP contribution in [-0.2, 0) is 4.79 Å². The summed E-state index contributed by atoms with van der Waals surface area (Å²) in [5.41, 5.74) is 1.33. The topological polar surface area (TPSA) is 52.6 Å². The smallest absolute Gasteiger partial charge is 0.382 e. The summed E-state index contributed by atoms with van der Waals surface area (Å²) in [7, 11) is 1.39. The number of hydrogen-bond acceptors (Lipinski definition) is 3. The van der Waals surface area contributed by atoms with Gasteiger partial charge in [0.1, 0.15) is 0 Å². The van der Waals surface area contributed by atoms with Gasteiger partial charge in [-0.2, -0.15) is 13.2 Å². The minimum Gasteiger partial charge on any atom is -0.382 e. The average Bonchev–Trinajstić information content (AvgIpc) is 2.46. The van der Waals surface area contributed by atoms with Crippen molar-refractivity contribution in [2.45, 2.75) is 57.3 Å². The zero-order valence-electron chi connectivity index (χ0n) is 13.1. The van der Waals surface area contributed by atoms with Crippen molar-refractivity contribution in [3.05, 3.63) is 11.6 Å². The molecule has 0 saturated heterocycles. The van der Waals surface area contributed by atoms with Crippen LogP contribution in [0.5, 0.6) is 0 Å². The summed E-state index contributed by atoms with van der Waals surface area (Å²) in [5.74, 6) is -0.326. The van der Waals surface area contributed by atoms with E-state index < -0.39 is 24.9 Å². The number of rotatable bonds is 7. The fourth-order valence-electron chi connectivity index (χ4n) is 2.36. The van der Waals surface area contributed by atoms with Gasteiger partial charge < -0.3 is 10.4 Å². The van der Waals surface area contributed by atoms with Gasteiger partial charge in [0.2, 0.25) is 5.91 Å². The molecule has 1 rings (SSSR count). The summed E-state index contributed by atoms with van der Waals surface area (Å²) >= 11 is 0. The highest BCUT2D eigenvalue weighted by Crippen LogP contribution is 2.21. The molecule has 0 aromatic rings. The first-order valence-corrected chi connectivity index (χ1v) is 7.62. The predicted octanol–water partition coefficient (Wildman–Crippen LogP) is 2.24. The van der Waals surface area contributed by atoms with Crippen molar-refractivity contribution < 1.29 is 23.1 Å². The molecule has 7 heteroatoms. The lowest BCUT2D eigenvalue weighted by Crippen LogP contribution is -2.48. The maximum absolute atomic E-state index is 12.3. The number of nitrogens with one attached hydrogen (secondary N) is 1. The van der Waals surface area contributed by atoms with E-state index in [1.54, 1.807) is 0 Å². The van der Waals surface area contributed by atoms with Crippen molar-refractivity contribution >= 4 is 5.91 Å². The molecule has 2 N–H and O–H groups in total. The number of hydrogen-bond donors (Lipinski definition) is 2. The van der Waals surface area contributed by atoms with E-state index in [1.807, 2.05) is 0 Å². The average molecular weight is 322 g/mol. The number of aliphatic hydroxyl groups is 1. The van der Waals surface area contributed by atoms with Crippen molar-refractivity contribution in [2.24, 2.45) is 0 Å². The second-order valence-electron chi connectivity index (χ2n) is 5.82. The molecule has 0 saturated carbocycles. The van der Waals surface area contributed by atoms with E-state index >= 15 is 0 Å². The summed E-state index contributed by atoms with van der Waals surface area (Å²) < 4.78 is 36.9. The number of aliphatic hydroxyl groups excluding tert-OH is 1. The first-order chi connectivity index (χ1) is 10.2. The van der Waals surface area contributed by atoms with Crippen LogP contribution in [0.25, 0.3) is 0 Å². The van der Waals surface area contributed by atoms with Crippen LogP contribution < -0.4 is 5.32 Å². The summed E-state index contributed by atoms with van der Waals surface area (Å²) in [6.45, 7) is 1.40. The number of nitrogens with zero attached hydrogens (tertiary/aromatic N) is 1. The van der Waals surface area contributed by atoms with Crippen LogP contribution in [0.2, 0.25) is 0 Å². The lowest BCUT2D eigenvalue weighted by molar-refractivity contribution is -0.208. The molecule has 0 aromatic heterocycles. The number of carbonyl (C=O) groups excluding carboxylic acids is 1. The molecule has 1 aliphatic carbocycles. The Kier molecular flexibility index (Phi) is 7.35. The van der Waals surface area contributed by atoms with Crippen molar-refractivity contribution in [1.82, 2.24) is 10.2 Å². The minimum atomic E-state index is -4.67. The molecular formula is C15H25F3N2O2. The Morgan fingerprint density at radius 3 is 2.68 bits per heavy atom. The van der Waals surface area contributed by atoms with Gasteiger partial charge in [0, 0.05) is 13.1 Å². The van der Waals surface area contributed by atoms with Gasteiger partial charge in [-0.05, 0) is 46.1 Å². The van der Waals surface area contributed by atoms with E-state index in [4.69, 9.17) is 5.11 Å². The van der Waals surface area contributed by atoms with Crippen molar-refractivity contribution in [1.29, 1.82) is 0 Å². The Hall–Kier alpha value is -1.08. The third kappa shape index (κ3) is 6.36. The van der Waals surface area contributed by atoms with Crippen molar-refractivity contribution in [3.8, 4) is 0 Å². The second-order valence-corrected chi connectivity index (χ2v) is 5.82. The number of allylic oxidation sites excluding steroid dienone is 1. The van der Waals surface area contributed by atoms with Gasteiger partial charge >= 0.3 is 6.18 Å². The SMILES string of the molecule is CC(C(=O)NCCC1=CCCCC1)N(C)CC(O)C(F)(F)F. The van der Waals surface area contributed by atoms with E-state index in [0.717, 1.165) is 19.3 Å². The Morgan fingerprint density at radius 2 is 2.14 bits per heavy atom. The predicted molar refractivity (Wildman–Crippen MR) is 78.3 cm³/mol. The fraction of sp³-hybridized carbons (Fsp3) is 0.800. The lowest BCUT2D eigenvalue weighted by Gasteiger charge is -2.27. The largest absolute Gasteiger partial charge is 0.415 e. The molecule has 1 amide bonds. The summed E-state index contributed by atoms with van der Waals surface area (Å²) in [6.07, 6.45) is 0.393. The van der Waals surface area contributed by atoms with Crippen LogP contribution in [0, 0.1) is 0 Å². The van der Waals surface area contributed by atoms with Gasteiger partial charge in [-0.1, -0.05) is 11.6 Å². The molecule has 128 valence electrons. The van der Waals surface area contributed by atoms with Gasteiger partial charge in [0.25, 0.3) is 0 Å². The number of likely N-dealkylation sites (N-methyl/N-ethyl adjacent to an activating group) is 1. The van der Waals surface area contributed by atoms with Gasteiger partial charge in [0.05, 0.1) is 6.04 Å². The highest BCUT2D eigenvalue weighted by molar-refractivity contribution is 5.81. The number of carbonyl (C=O) groups is 1. The van der Waals surface area contributed by atoms with Crippen LogP contribution in [0.15, 0.2) is 11.6 Å². The molecule has 0 radical (unpaired) electrons. The van der Waals surface area contributed by atoms with E-state index in [0.29, 0.717) is 6.54 Å². The Labute approximate surface area is 129 Å². The maximum atomic E-state index is 12.3. The summed E-state index contributed by atoms with van der Waals surface area (Å²) in [4.78, 5) is 13.1. The molecule has 1 aliphatic rings. The first-order valence-electron chi connectivity index (χ1n) is 7.62. The Bertz CT molecular complexity index is 397. The van der Waals surface area contributed by atoms with E-state index in [2.05, 4.69) is 11.4 Å². The molecule has 22 heavy (non-hydrogen) atoms. The lowest BCUT2D eigenvalue weighted by atomic mass is 9.97. The van der Waals surface area contributed by atoms with Crippen LogP contribution in [0.1, 0.15) is 39.0 Å². The molecule has 2 atom stereocenters. The van der Waals surface area contributed by atoms with Gasteiger partial charge in [0.15, 0.2) is 6.10 Å². The quantitative estimate of drug-likeness (QED) is 0.707. The molecule has 4 nitrogen and oxygen atoms in total. The normalized spacial score (nSPS) is 18.8. The zero-order valence-corrected chi connectivity index (χ0v) is 13.1. The van der Waals surface area contributed by atoms with E-state index in [1.165, 1.54) is 37.3 Å². The molecule has 0 bridgehead atoms. The number of alkyl halides is 3. The summed E-state index contributed by atoms with van der Waals surface area (Å²) in [6, 6.07) is -0.725. The van der Waals surface area contributed by atoms with Gasteiger partial charge in [-0.25, -0.2) is 0 Å². The monoisotopic (exact) mass is 322 g/mol. The zero-order chi connectivity index (χ0) is 16.8. The molecule has 0 fully saturated rings. The number of halogens is 3.